The highest BCUT2D eigenvalue weighted by molar-refractivity contribution is 5.83. The van der Waals surface area contributed by atoms with Crippen LogP contribution in [0.4, 0.5) is 0 Å². The predicted molar refractivity (Wildman–Crippen MR) is 67.3 cm³/mol. The summed E-state index contributed by atoms with van der Waals surface area (Å²) in [4.78, 5) is 58.9. The first-order chi connectivity index (χ1) is 9.38. The molecule has 0 radical (unpaired) electrons. The first-order valence-electron chi connectivity index (χ1n) is 5.45. The Balaban J connectivity index is -0.000000231. The highest BCUT2D eigenvalue weighted by Gasteiger charge is 1.94. The minimum absolute atomic E-state index is 0.562. The van der Waals surface area contributed by atoms with Crippen molar-refractivity contribution in [1.82, 2.24) is 0 Å². The minimum atomic E-state index is -0.562. The lowest BCUT2D eigenvalue weighted by atomic mass is 10.7. The average molecular weight is 306 g/mol. The summed E-state index contributed by atoms with van der Waals surface area (Å²) in [6.07, 6.45) is 0. The second kappa shape index (κ2) is 13.8. The van der Waals surface area contributed by atoms with Crippen molar-refractivity contribution < 1.29 is 43.0 Å². The van der Waals surface area contributed by atoms with Crippen molar-refractivity contribution in [3.05, 3.63) is 0 Å². The number of esters is 6. The fourth-order valence-corrected chi connectivity index (χ4v) is 0.607. The number of rotatable bonds is 0. The van der Waals surface area contributed by atoms with Crippen LogP contribution in [0.25, 0.3) is 0 Å². The molecule has 0 amide bonds. The molecule has 0 spiro atoms. The third-order valence-corrected chi connectivity index (χ3v) is 0.862. The third kappa shape index (κ3) is 46.7. The Morgan fingerprint density at radius 2 is 0.476 bits per heavy atom. The molecule has 21 heavy (non-hydrogen) atoms. The molecule has 0 N–H and O–H groups in total. The molecule has 0 aromatic carbocycles. The van der Waals surface area contributed by atoms with Crippen LogP contribution in [0.2, 0.25) is 0 Å². The number of carbonyl (C=O) groups excluding carboxylic acids is 6. The van der Waals surface area contributed by atoms with Crippen LogP contribution in [0.3, 0.4) is 0 Å². The molecule has 120 valence electrons. The van der Waals surface area contributed by atoms with Crippen LogP contribution in [0.1, 0.15) is 41.5 Å². The van der Waals surface area contributed by atoms with Gasteiger partial charge in [0.15, 0.2) is 0 Å². The Morgan fingerprint density at radius 1 is 0.381 bits per heavy atom. The van der Waals surface area contributed by atoms with Gasteiger partial charge in [-0.25, -0.2) is 0 Å². The lowest BCUT2D eigenvalue weighted by Gasteiger charge is -1.87. The summed E-state index contributed by atoms with van der Waals surface area (Å²) in [7, 11) is 0. The van der Waals surface area contributed by atoms with E-state index in [0.717, 1.165) is 0 Å². The Hall–Kier alpha value is -2.58. The molecular weight excluding hydrogens is 288 g/mol. The third-order valence-electron chi connectivity index (χ3n) is 0.862. The number of carbonyl (C=O) groups is 6. The van der Waals surface area contributed by atoms with Gasteiger partial charge in [-0.3, -0.25) is 28.8 Å². The predicted octanol–water partition coefficient (Wildman–Crippen LogP) is 0.288. The zero-order chi connectivity index (χ0) is 17.6. The van der Waals surface area contributed by atoms with Crippen molar-refractivity contribution in [1.29, 1.82) is 0 Å². The molecule has 9 nitrogen and oxygen atoms in total. The van der Waals surface area contributed by atoms with Gasteiger partial charge in [0.05, 0.1) is 0 Å². The maximum absolute atomic E-state index is 9.81. The van der Waals surface area contributed by atoms with E-state index in [4.69, 9.17) is 0 Å². The summed E-state index contributed by atoms with van der Waals surface area (Å²) in [5.74, 6) is -3.37. The normalized spacial score (nSPS) is 7.71. The van der Waals surface area contributed by atoms with Gasteiger partial charge in [0.25, 0.3) is 0 Å². The van der Waals surface area contributed by atoms with Gasteiger partial charge in [-0.1, -0.05) is 0 Å². The number of ether oxygens (including phenoxy) is 3. The van der Waals surface area contributed by atoms with E-state index in [1.807, 2.05) is 0 Å². The molecule has 0 aliphatic heterocycles. The van der Waals surface area contributed by atoms with Crippen LogP contribution in [0, 0.1) is 0 Å². The Morgan fingerprint density at radius 3 is 0.476 bits per heavy atom. The van der Waals surface area contributed by atoms with E-state index in [1.165, 1.54) is 41.5 Å². The Bertz CT molecular complexity index is 311. The highest BCUT2D eigenvalue weighted by Crippen LogP contribution is 1.75. The minimum Gasteiger partial charge on any atom is -0.394 e. The summed E-state index contributed by atoms with van der Waals surface area (Å²) >= 11 is 0. The fraction of sp³-hybridized carbons (Fsp3) is 0.500. The summed E-state index contributed by atoms with van der Waals surface area (Å²) in [6.45, 7) is 7.09. The molecule has 0 aliphatic carbocycles. The topological polar surface area (TPSA) is 130 Å². The molecule has 0 aromatic heterocycles. The van der Waals surface area contributed by atoms with Crippen LogP contribution in [0.5, 0.6) is 0 Å². The molecule has 0 unspecified atom stereocenters. The van der Waals surface area contributed by atoms with E-state index >= 15 is 0 Å². The van der Waals surface area contributed by atoms with Crippen LogP contribution >= 0.6 is 0 Å². The van der Waals surface area contributed by atoms with Gasteiger partial charge in [-0.15, -0.1) is 0 Å². The monoisotopic (exact) mass is 306 g/mol. The summed E-state index contributed by atoms with van der Waals surface area (Å²) in [5.41, 5.74) is 0. The fourth-order valence-electron chi connectivity index (χ4n) is 0.607. The van der Waals surface area contributed by atoms with Crippen molar-refractivity contribution in [2.45, 2.75) is 41.5 Å². The van der Waals surface area contributed by atoms with Gasteiger partial charge in [0, 0.05) is 41.5 Å². The van der Waals surface area contributed by atoms with Crippen molar-refractivity contribution in [2.24, 2.45) is 0 Å². The first-order valence-corrected chi connectivity index (χ1v) is 5.45. The molecule has 9 heteroatoms. The smallest absolute Gasteiger partial charge is 0.310 e. The van der Waals surface area contributed by atoms with E-state index in [-0.39, 0.29) is 0 Å². The first kappa shape index (κ1) is 23.5. The van der Waals surface area contributed by atoms with Crippen LogP contribution in [0.15, 0.2) is 0 Å². The lowest BCUT2D eigenvalue weighted by Crippen LogP contribution is -2.03. The number of hydrogen-bond donors (Lipinski definition) is 0. The molecule has 0 heterocycles. The second-order valence-electron chi connectivity index (χ2n) is 3.26. The molecular formula is C12H18O9. The van der Waals surface area contributed by atoms with Crippen LogP contribution in [-0.4, -0.2) is 35.8 Å². The van der Waals surface area contributed by atoms with Crippen LogP contribution < -0.4 is 0 Å². The largest absolute Gasteiger partial charge is 0.394 e. The molecule has 0 atom stereocenters. The molecule has 0 saturated carbocycles. The van der Waals surface area contributed by atoms with Gasteiger partial charge in [0.2, 0.25) is 0 Å². The van der Waals surface area contributed by atoms with E-state index < -0.39 is 35.8 Å². The maximum Gasteiger partial charge on any atom is 0.310 e. The molecule has 0 saturated heterocycles. The van der Waals surface area contributed by atoms with Gasteiger partial charge >= 0.3 is 35.8 Å². The molecule has 0 rings (SSSR count). The van der Waals surface area contributed by atoms with E-state index in [0.29, 0.717) is 0 Å². The summed E-state index contributed by atoms with van der Waals surface area (Å²) in [5, 5.41) is 0. The number of hydrogen-bond acceptors (Lipinski definition) is 9. The van der Waals surface area contributed by atoms with Crippen molar-refractivity contribution >= 4 is 35.8 Å². The maximum atomic E-state index is 9.81. The van der Waals surface area contributed by atoms with Gasteiger partial charge in [0.1, 0.15) is 0 Å². The van der Waals surface area contributed by atoms with Gasteiger partial charge in [-0.05, 0) is 0 Å². The van der Waals surface area contributed by atoms with E-state index in [1.54, 1.807) is 0 Å². The summed E-state index contributed by atoms with van der Waals surface area (Å²) < 4.78 is 11.9. The van der Waals surface area contributed by atoms with Crippen molar-refractivity contribution in [3.8, 4) is 0 Å². The van der Waals surface area contributed by atoms with Crippen molar-refractivity contribution in [2.75, 3.05) is 0 Å². The molecule has 0 aliphatic rings. The lowest BCUT2D eigenvalue weighted by molar-refractivity contribution is -0.158. The zero-order valence-electron chi connectivity index (χ0n) is 12.7. The van der Waals surface area contributed by atoms with Crippen molar-refractivity contribution in [3.63, 3.8) is 0 Å². The molecule has 0 aromatic rings. The highest BCUT2D eigenvalue weighted by atomic mass is 16.6. The van der Waals surface area contributed by atoms with Crippen LogP contribution in [-0.2, 0) is 43.0 Å². The molecule has 0 fully saturated rings. The van der Waals surface area contributed by atoms with E-state index in [2.05, 4.69) is 14.2 Å². The van der Waals surface area contributed by atoms with Gasteiger partial charge in [-0.2, -0.15) is 0 Å². The SMILES string of the molecule is CC(=O)OC(C)=O.CC(=O)OC(C)=O.CC(=O)OC(C)=O. The quantitative estimate of drug-likeness (QED) is 0.352. The Labute approximate surface area is 121 Å². The van der Waals surface area contributed by atoms with Gasteiger partial charge < -0.3 is 14.2 Å². The summed E-state index contributed by atoms with van der Waals surface area (Å²) in [6, 6.07) is 0. The standard InChI is InChI=1S/3C4H6O3/c3*1-3(5)7-4(2)6/h3*1-2H3. The van der Waals surface area contributed by atoms with E-state index in [9.17, 15) is 28.8 Å². The molecule has 0 bridgehead atoms. The Kier molecular flexibility index (Phi) is 15.5. The average Bonchev–Trinajstić information content (AvgIpc) is 2.10. The zero-order valence-corrected chi connectivity index (χ0v) is 12.7. The second-order valence-corrected chi connectivity index (χ2v) is 3.26.